The van der Waals surface area contributed by atoms with Crippen LogP contribution in [0.2, 0.25) is 0 Å². The fraction of sp³-hybridized carbons (Fsp3) is 0.200. The quantitative estimate of drug-likeness (QED) is 0.886. The Kier molecular flexibility index (Phi) is 3.80. The molecule has 0 aliphatic carbocycles. The van der Waals surface area contributed by atoms with Crippen molar-refractivity contribution in [2.45, 2.75) is 20.3 Å². The number of benzene rings is 1. The molecule has 3 N–H and O–H groups in total. The van der Waals surface area contributed by atoms with Crippen molar-refractivity contribution in [2.24, 2.45) is 0 Å². The molecule has 19 heavy (non-hydrogen) atoms. The van der Waals surface area contributed by atoms with Crippen LogP contribution in [0.3, 0.4) is 0 Å². The van der Waals surface area contributed by atoms with E-state index in [-0.39, 0.29) is 5.91 Å². The molecule has 1 aromatic carbocycles. The van der Waals surface area contributed by atoms with Gasteiger partial charge in [0.1, 0.15) is 11.5 Å². The number of para-hydroxylation sites is 1. The second-order valence-electron chi connectivity index (χ2n) is 4.36. The summed E-state index contributed by atoms with van der Waals surface area (Å²) in [6.45, 7) is 4.03. The Balaban J connectivity index is 2.29. The van der Waals surface area contributed by atoms with E-state index in [2.05, 4.69) is 17.2 Å². The first-order valence-corrected chi connectivity index (χ1v) is 6.24. The van der Waals surface area contributed by atoms with Crippen LogP contribution in [0.1, 0.15) is 28.5 Å². The van der Waals surface area contributed by atoms with Gasteiger partial charge in [-0.25, -0.2) is 4.98 Å². The van der Waals surface area contributed by atoms with Crippen LogP contribution < -0.4 is 11.1 Å². The van der Waals surface area contributed by atoms with Crippen molar-refractivity contribution >= 4 is 17.4 Å². The van der Waals surface area contributed by atoms with Gasteiger partial charge in [-0.1, -0.05) is 31.2 Å². The summed E-state index contributed by atoms with van der Waals surface area (Å²) < 4.78 is 0. The van der Waals surface area contributed by atoms with Crippen LogP contribution in [0, 0.1) is 6.92 Å². The van der Waals surface area contributed by atoms with Gasteiger partial charge in [0.2, 0.25) is 0 Å². The van der Waals surface area contributed by atoms with Gasteiger partial charge >= 0.3 is 0 Å². The first-order chi connectivity index (χ1) is 9.11. The lowest BCUT2D eigenvalue weighted by molar-refractivity contribution is 0.102. The van der Waals surface area contributed by atoms with Gasteiger partial charge in [0, 0.05) is 5.69 Å². The van der Waals surface area contributed by atoms with E-state index in [4.69, 9.17) is 5.73 Å². The number of hydrogen-bond acceptors (Lipinski definition) is 3. The van der Waals surface area contributed by atoms with Crippen LogP contribution in [-0.4, -0.2) is 10.9 Å². The molecule has 0 bridgehead atoms. The van der Waals surface area contributed by atoms with Gasteiger partial charge in [0.15, 0.2) is 0 Å². The Morgan fingerprint density at radius 2 is 2.00 bits per heavy atom. The minimum absolute atomic E-state index is 0.240. The van der Waals surface area contributed by atoms with Gasteiger partial charge in [-0.05, 0) is 36.6 Å². The molecule has 1 amide bonds. The molecule has 0 unspecified atom stereocenters. The van der Waals surface area contributed by atoms with Crippen LogP contribution in [0.25, 0.3) is 0 Å². The fourth-order valence-corrected chi connectivity index (χ4v) is 1.96. The zero-order valence-electron chi connectivity index (χ0n) is 11.1. The van der Waals surface area contributed by atoms with E-state index in [0.717, 1.165) is 23.2 Å². The maximum absolute atomic E-state index is 12.2. The highest BCUT2D eigenvalue weighted by Gasteiger charge is 2.11. The van der Waals surface area contributed by atoms with E-state index in [1.165, 1.54) is 0 Å². The molecule has 0 radical (unpaired) electrons. The number of aryl methyl sites for hydroxylation is 2. The van der Waals surface area contributed by atoms with Gasteiger partial charge in [0.05, 0.1) is 0 Å². The number of anilines is 2. The highest BCUT2D eigenvalue weighted by molar-refractivity contribution is 6.03. The first-order valence-electron chi connectivity index (χ1n) is 6.24. The number of nitrogens with two attached hydrogens (primary N) is 1. The Bertz CT molecular complexity index is 608. The molecule has 0 fully saturated rings. The van der Waals surface area contributed by atoms with Crippen molar-refractivity contribution in [3.05, 3.63) is 53.2 Å². The second kappa shape index (κ2) is 5.52. The van der Waals surface area contributed by atoms with Crippen LogP contribution >= 0.6 is 0 Å². The van der Waals surface area contributed by atoms with E-state index >= 15 is 0 Å². The van der Waals surface area contributed by atoms with Gasteiger partial charge in [-0.2, -0.15) is 0 Å². The first kappa shape index (κ1) is 13.1. The molecule has 2 aromatic rings. The van der Waals surface area contributed by atoms with Crippen molar-refractivity contribution in [2.75, 3.05) is 11.1 Å². The molecule has 0 atom stereocenters. The van der Waals surface area contributed by atoms with Crippen molar-refractivity contribution in [3.63, 3.8) is 0 Å². The molecule has 1 aromatic heterocycles. The Morgan fingerprint density at radius 3 is 2.68 bits per heavy atom. The van der Waals surface area contributed by atoms with Crippen LogP contribution in [0.15, 0.2) is 36.4 Å². The molecule has 0 aliphatic rings. The Hall–Kier alpha value is -2.36. The van der Waals surface area contributed by atoms with E-state index < -0.39 is 0 Å². The summed E-state index contributed by atoms with van der Waals surface area (Å²) in [5.74, 6) is 0.101. The number of hydrogen-bond donors (Lipinski definition) is 2. The number of amides is 1. The highest BCUT2D eigenvalue weighted by Crippen LogP contribution is 2.21. The molecule has 0 saturated heterocycles. The summed E-state index contributed by atoms with van der Waals surface area (Å²) in [6, 6.07) is 11.0. The normalized spacial score (nSPS) is 10.2. The molecule has 98 valence electrons. The summed E-state index contributed by atoms with van der Waals surface area (Å²) in [5.41, 5.74) is 8.92. The van der Waals surface area contributed by atoms with Crippen molar-refractivity contribution in [1.29, 1.82) is 0 Å². The van der Waals surface area contributed by atoms with Crippen LogP contribution in [0.5, 0.6) is 0 Å². The number of carbonyl (C=O) groups excluding carboxylic acids is 1. The predicted octanol–water partition coefficient (Wildman–Crippen LogP) is 2.79. The average Bonchev–Trinajstić information content (AvgIpc) is 2.41. The number of nitrogens with one attached hydrogen (secondary N) is 1. The number of carbonyl (C=O) groups is 1. The minimum atomic E-state index is -0.240. The SMILES string of the molecule is CCc1cccc(C)c1NC(=O)c1cccc(N)n1. The molecule has 4 nitrogen and oxygen atoms in total. The average molecular weight is 255 g/mol. The summed E-state index contributed by atoms with van der Waals surface area (Å²) in [5, 5.41) is 2.92. The molecule has 0 saturated carbocycles. The Labute approximate surface area is 112 Å². The van der Waals surface area contributed by atoms with E-state index in [1.807, 2.05) is 25.1 Å². The van der Waals surface area contributed by atoms with Gasteiger partial charge in [-0.3, -0.25) is 4.79 Å². The molecule has 1 heterocycles. The third-order valence-corrected chi connectivity index (χ3v) is 2.98. The van der Waals surface area contributed by atoms with Gasteiger partial charge < -0.3 is 11.1 Å². The third kappa shape index (κ3) is 2.91. The van der Waals surface area contributed by atoms with E-state index in [9.17, 15) is 4.79 Å². The standard InChI is InChI=1S/C15H17N3O/c1-3-11-7-4-6-10(2)14(11)18-15(19)12-8-5-9-13(16)17-12/h4-9H,3H2,1-2H3,(H2,16,17)(H,18,19). The topological polar surface area (TPSA) is 68.0 Å². The van der Waals surface area contributed by atoms with Crippen molar-refractivity contribution < 1.29 is 4.79 Å². The number of pyridine rings is 1. The molecule has 0 aliphatic heterocycles. The zero-order valence-corrected chi connectivity index (χ0v) is 11.1. The summed E-state index contributed by atoms with van der Waals surface area (Å²) in [6.07, 6.45) is 0.863. The zero-order chi connectivity index (χ0) is 13.8. The molecule has 2 rings (SSSR count). The number of rotatable bonds is 3. The van der Waals surface area contributed by atoms with Crippen molar-refractivity contribution in [1.82, 2.24) is 4.98 Å². The lowest BCUT2D eigenvalue weighted by Gasteiger charge is -2.12. The molecular formula is C15H17N3O. The largest absolute Gasteiger partial charge is 0.384 e. The Morgan fingerprint density at radius 1 is 1.26 bits per heavy atom. The van der Waals surface area contributed by atoms with E-state index in [1.54, 1.807) is 18.2 Å². The predicted molar refractivity (Wildman–Crippen MR) is 77.2 cm³/mol. The lowest BCUT2D eigenvalue weighted by atomic mass is 10.1. The smallest absolute Gasteiger partial charge is 0.274 e. The fourth-order valence-electron chi connectivity index (χ4n) is 1.96. The second-order valence-corrected chi connectivity index (χ2v) is 4.36. The summed E-state index contributed by atoms with van der Waals surface area (Å²) >= 11 is 0. The van der Waals surface area contributed by atoms with Crippen molar-refractivity contribution in [3.8, 4) is 0 Å². The molecular weight excluding hydrogens is 238 g/mol. The van der Waals surface area contributed by atoms with E-state index in [0.29, 0.717) is 11.5 Å². The molecule has 4 heteroatoms. The summed E-state index contributed by atoms with van der Waals surface area (Å²) in [7, 11) is 0. The molecule has 0 spiro atoms. The number of nitrogens with zero attached hydrogens (tertiary/aromatic N) is 1. The maximum atomic E-state index is 12.2. The van der Waals surface area contributed by atoms with Crippen LogP contribution in [-0.2, 0) is 6.42 Å². The minimum Gasteiger partial charge on any atom is -0.384 e. The third-order valence-electron chi connectivity index (χ3n) is 2.98. The van der Waals surface area contributed by atoms with Gasteiger partial charge in [0.25, 0.3) is 5.91 Å². The summed E-state index contributed by atoms with van der Waals surface area (Å²) in [4.78, 5) is 16.2. The van der Waals surface area contributed by atoms with Crippen LogP contribution in [0.4, 0.5) is 11.5 Å². The number of nitrogen functional groups attached to an aromatic ring is 1. The highest BCUT2D eigenvalue weighted by atomic mass is 16.1. The monoisotopic (exact) mass is 255 g/mol. The van der Waals surface area contributed by atoms with Gasteiger partial charge in [-0.15, -0.1) is 0 Å². The number of aromatic nitrogens is 1. The maximum Gasteiger partial charge on any atom is 0.274 e. The lowest BCUT2D eigenvalue weighted by Crippen LogP contribution is -2.16.